The topological polar surface area (TPSA) is 30.7 Å². The highest BCUT2D eigenvalue weighted by Crippen LogP contribution is 2.56. The molecule has 0 unspecified atom stereocenters. The van der Waals surface area contributed by atoms with Crippen LogP contribution in [0.3, 0.4) is 0 Å². The number of benzene rings is 7. The average Bonchev–Trinajstić information content (AvgIpc) is 3.81. The van der Waals surface area contributed by atoms with Gasteiger partial charge < -0.3 is 0 Å². The van der Waals surface area contributed by atoms with Gasteiger partial charge in [0.2, 0.25) is 5.95 Å². The molecule has 0 fully saturated rings. The lowest BCUT2D eigenvalue weighted by Gasteiger charge is -2.21. The molecule has 11 rings (SSSR count). The second-order valence-corrected chi connectivity index (χ2v) is 15.2. The van der Waals surface area contributed by atoms with Gasteiger partial charge in [0.25, 0.3) is 0 Å². The van der Waals surface area contributed by atoms with Crippen LogP contribution < -0.4 is 0 Å². The number of fused-ring (bicyclic) bond motifs is 11. The molecule has 0 N–H and O–H groups in total. The molecule has 10 aromatic rings. The molecule has 0 atom stereocenters. The first-order chi connectivity index (χ1) is 25.0. The fourth-order valence-corrected chi connectivity index (χ4v) is 10.1. The molecule has 3 aromatic heterocycles. The lowest BCUT2D eigenvalue weighted by atomic mass is 9.81. The smallest absolute Gasteiger partial charge is 0.235 e. The van der Waals surface area contributed by atoms with E-state index in [2.05, 4.69) is 170 Å². The van der Waals surface area contributed by atoms with Gasteiger partial charge in [0, 0.05) is 32.0 Å². The molecule has 51 heavy (non-hydrogen) atoms. The second kappa shape index (κ2) is 10.5. The number of nitrogens with zero attached hydrogens (tertiary/aromatic N) is 3. The van der Waals surface area contributed by atoms with E-state index < -0.39 is 0 Å². The molecule has 4 heteroatoms. The van der Waals surface area contributed by atoms with Crippen molar-refractivity contribution >= 4 is 64.9 Å². The summed E-state index contributed by atoms with van der Waals surface area (Å²) < 4.78 is 3.61. The summed E-state index contributed by atoms with van der Waals surface area (Å²) in [5.41, 5.74) is 11.6. The van der Waals surface area contributed by atoms with E-state index >= 15 is 0 Å². The molecule has 0 bridgehead atoms. The number of rotatable bonds is 3. The highest BCUT2D eigenvalue weighted by atomic mass is 32.1. The predicted octanol–water partition coefficient (Wildman–Crippen LogP) is 12.7. The third-order valence-electron chi connectivity index (χ3n) is 11.0. The van der Waals surface area contributed by atoms with Crippen LogP contribution in [0.5, 0.6) is 0 Å². The average molecular weight is 670 g/mol. The van der Waals surface area contributed by atoms with Crippen molar-refractivity contribution in [1.29, 1.82) is 0 Å². The second-order valence-electron chi connectivity index (χ2n) is 14.2. The number of aromatic nitrogens is 3. The van der Waals surface area contributed by atoms with Gasteiger partial charge in [-0.3, -0.25) is 4.57 Å². The summed E-state index contributed by atoms with van der Waals surface area (Å²) in [5, 5.41) is 7.25. The van der Waals surface area contributed by atoms with Crippen LogP contribution in [-0.4, -0.2) is 14.5 Å². The molecule has 0 amide bonds. The van der Waals surface area contributed by atoms with Gasteiger partial charge in [-0.05, 0) is 68.2 Å². The molecule has 7 aromatic carbocycles. The van der Waals surface area contributed by atoms with Crippen LogP contribution in [0, 0.1) is 0 Å². The van der Waals surface area contributed by atoms with Gasteiger partial charge in [-0.15, -0.1) is 11.3 Å². The standard InChI is InChI=1S/C47H31N3S/c1-47(2)38-18-10-8-17-35(38)44-41(47)36-24-23-34-33-16-9-11-19-40(33)50(43(34)45(36)51-44)46-48-39-25-22-32(31-21-20-28-12-6-7-15-30(28)26-31)27-37(39)42(49-46)29-13-4-3-5-14-29/h3-27H,1-2H3. The van der Waals surface area contributed by atoms with Crippen molar-refractivity contribution in [2.24, 2.45) is 0 Å². The third-order valence-corrected chi connectivity index (χ3v) is 12.2. The Hall–Kier alpha value is -6.10. The predicted molar refractivity (Wildman–Crippen MR) is 215 cm³/mol. The lowest BCUT2D eigenvalue weighted by Crippen LogP contribution is -2.14. The van der Waals surface area contributed by atoms with Crippen molar-refractivity contribution in [2.45, 2.75) is 19.3 Å². The minimum Gasteiger partial charge on any atom is -0.276 e. The largest absolute Gasteiger partial charge is 0.276 e. The molecular formula is C47H31N3S. The molecule has 3 heterocycles. The van der Waals surface area contributed by atoms with Crippen molar-refractivity contribution in [3.05, 3.63) is 163 Å². The summed E-state index contributed by atoms with van der Waals surface area (Å²) in [4.78, 5) is 12.2. The van der Waals surface area contributed by atoms with Crippen LogP contribution in [0.15, 0.2) is 152 Å². The van der Waals surface area contributed by atoms with E-state index in [0.29, 0.717) is 5.95 Å². The quantitative estimate of drug-likeness (QED) is 0.187. The Morgan fingerprint density at radius 1 is 0.549 bits per heavy atom. The van der Waals surface area contributed by atoms with Crippen molar-refractivity contribution in [3.63, 3.8) is 0 Å². The van der Waals surface area contributed by atoms with E-state index in [1.165, 1.54) is 64.3 Å². The minimum atomic E-state index is -0.0859. The number of hydrogen-bond donors (Lipinski definition) is 0. The molecule has 0 aliphatic heterocycles. The molecule has 3 nitrogen and oxygen atoms in total. The first kappa shape index (κ1) is 28.7. The van der Waals surface area contributed by atoms with Gasteiger partial charge in [0.15, 0.2) is 0 Å². The molecule has 0 saturated heterocycles. The third kappa shape index (κ3) is 4.05. The zero-order valence-electron chi connectivity index (χ0n) is 28.2. The maximum Gasteiger partial charge on any atom is 0.235 e. The van der Waals surface area contributed by atoms with E-state index in [1.54, 1.807) is 0 Å². The van der Waals surface area contributed by atoms with Gasteiger partial charge in [-0.2, -0.15) is 0 Å². The zero-order chi connectivity index (χ0) is 33.8. The molecule has 0 saturated carbocycles. The zero-order valence-corrected chi connectivity index (χ0v) is 29.0. The van der Waals surface area contributed by atoms with Gasteiger partial charge >= 0.3 is 0 Å². The van der Waals surface area contributed by atoms with Gasteiger partial charge in [-0.25, -0.2) is 9.97 Å². The Labute approximate surface area is 299 Å². The number of thiophene rings is 1. The number of para-hydroxylation sites is 1. The van der Waals surface area contributed by atoms with Gasteiger partial charge in [-0.1, -0.05) is 141 Å². The summed E-state index contributed by atoms with van der Waals surface area (Å²) in [6, 6.07) is 54.7. The Kier molecular flexibility index (Phi) is 5.89. The normalized spacial score (nSPS) is 13.5. The van der Waals surface area contributed by atoms with E-state index in [-0.39, 0.29) is 5.41 Å². The maximum atomic E-state index is 5.49. The van der Waals surface area contributed by atoms with E-state index in [4.69, 9.17) is 9.97 Å². The molecule has 0 radical (unpaired) electrons. The van der Waals surface area contributed by atoms with Gasteiger partial charge in [0.1, 0.15) is 0 Å². The Morgan fingerprint density at radius 3 is 2.18 bits per heavy atom. The summed E-state index contributed by atoms with van der Waals surface area (Å²) in [6.07, 6.45) is 0. The minimum absolute atomic E-state index is 0.0859. The van der Waals surface area contributed by atoms with Crippen LogP contribution in [0.2, 0.25) is 0 Å². The van der Waals surface area contributed by atoms with Crippen LogP contribution in [0.4, 0.5) is 0 Å². The fraction of sp³-hybridized carbons (Fsp3) is 0.0638. The first-order valence-electron chi connectivity index (χ1n) is 17.5. The molecular weight excluding hydrogens is 639 g/mol. The number of hydrogen-bond acceptors (Lipinski definition) is 3. The van der Waals surface area contributed by atoms with Crippen LogP contribution in [0.1, 0.15) is 25.0 Å². The Morgan fingerprint density at radius 2 is 1.27 bits per heavy atom. The van der Waals surface area contributed by atoms with E-state index in [0.717, 1.165) is 33.2 Å². The van der Waals surface area contributed by atoms with Crippen molar-refractivity contribution in [2.75, 3.05) is 0 Å². The Balaban J connectivity index is 1.20. The first-order valence-corrected chi connectivity index (χ1v) is 18.3. The molecule has 0 spiro atoms. The SMILES string of the molecule is CC1(C)c2ccccc2-c2sc3c(ccc4c5ccccc5n(-c5nc(-c6ccccc6)c6cc(-c7ccc8ccccc8c7)ccc6n5)c43)c21. The van der Waals surface area contributed by atoms with E-state index in [9.17, 15) is 0 Å². The fourth-order valence-electron chi connectivity index (χ4n) is 8.56. The summed E-state index contributed by atoms with van der Waals surface area (Å²) in [5.74, 6) is 0.687. The maximum absolute atomic E-state index is 5.49. The van der Waals surface area contributed by atoms with Gasteiger partial charge in [0.05, 0.1) is 26.9 Å². The summed E-state index contributed by atoms with van der Waals surface area (Å²) in [6.45, 7) is 4.74. The summed E-state index contributed by atoms with van der Waals surface area (Å²) in [7, 11) is 0. The Bertz CT molecular complexity index is 3060. The highest BCUT2D eigenvalue weighted by Gasteiger charge is 2.39. The van der Waals surface area contributed by atoms with Crippen molar-refractivity contribution in [3.8, 4) is 38.8 Å². The molecule has 1 aliphatic carbocycles. The van der Waals surface area contributed by atoms with Crippen LogP contribution >= 0.6 is 11.3 Å². The van der Waals surface area contributed by atoms with Crippen molar-refractivity contribution in [1.82, 2.24) is 14.5 Å². The summed E-state index contributed by atoms with van der Waals surface area (Å²) >= 11 is 1.91. The molecule has 240 valence electrons. The van der Waals surface area contributed by atoms with Crippen molar-refractivity contribution < 1.29 is 0 Å². The molecule has 1 aliphatic rings. The monoisotopic (exact) mass is 669 g/mol. The van der Waals surface area contributed by atoms with Crippen LogP contribution in [0.25, 0.3) is 92.3 Å². The highest BCUT2D eigenvalue weighted by molar-refractivity contribution is 7.23. The van der Waals surface area contributed by atoms with Crippen LogP contribution in [-0.2, 0) is 5.41 Å². The van der Waals surface area contributed by atoms with E-state index in [1.807, 2.05) is 11.3 Å². The lowest BCUT2D eigenvalue weighted by molar-refractivity contribution is 0.667.